The predicted octanol–water partition coefficient (Wildman–Crippen LogP) is 3.49. The van der Waals surface area contributed by atoms with Crippen molar-refractivity contribution in [3.8, 4) is 17.2 Å². The van der Waals surface area contributed by atoms with Gasteiger partial charge in [-0.3, -0.25) is 4.79 Å². The largest absolute Gasteiger partial charge is 0.497 e. The number of methoxy groups -OCH3 is 2. The number of hydrogen-bond acceptors (Lipinski definition) is 4. The zero-order valence-corrected chi connectivity index (χ0v) is 14.5. The summed E-state index contributed by atoms with van der Waals surface area (Å²) in [5.41, 5.74) is 0.821. The third-order valence-electron chi connectivity index (χ3n) is 3.67. The van der Waals surface area contributed by atoms with Crippen molar-refractivity contribution < 1.29 is 23.4 Å². The summed E-state index contributed by atoms with van der Waals surface area (Å²) < 4.78 is 29.0. The standard InChI is InChI=1S/C19H22FNO4/c1-13(17-12-15(23-2)7-8-18(17)24-3)21-19(22)9-10-25-16-6-4-5-14(20)11-16/h4-8,11-13H,9-10H2,1-3H3,(H,21,22). The second kappa shape index (κ2) is 8.92. The Morgan fingerprint density at radius 1 is 1.12 bits per heavy atom. The SMILES string of the molecule is COc1ccc(OC)c(C(C)NC(=O)CCOc2cccc(F)c2)c1. The molecule has 1 unspecified atom stereocenters. The topological polar surface area (TPSA) is 56.8 Å². The van der Waals surface area contributed by atoms with E-state index in [0.29, 0.717) is 17.2 Å². The van der Waals surface area contributed by atoms with E-state index in [4.69, 9.17) is 14.2 Å². The van der Waals surface area contributed by atoms with E-state index in [-0.39, 0.29) is 30.8 Å². The molecule has 0 heterocycles. The Morgan fingerprint density at radius 2 is 1.92 bits per heavy atom. The van der Waals surface area contributed by atoms with Crippen LogP contribution in [-0.4, -0.2) is 26.7 Å². The average molecular weight is 347 g/mol. The smallest absolute Gasteiger partial charge is 0.223 e. The van der Waals surface area contributed by atoms with Gasteiger partial charge in [-0.1, -0.05) is 6.07 Å². The number of benzene rings is 2. The Labute approximate surface area is 146 Å². The predicted molar refractivity (Wildman–Crippen MR) is 92.6 cm³/mol. The Morgan fingerprint density at radius 3 is 2.60 bits per heavy atom. The van der Waals surface area contributed by atoms with Gasteiger partial charge in [-0.15, -0.1) is 0 Å². The molecule has 0 radical (unpaired) electrons. The lowest BCUT2D eigenvalue weighted by Crippen LogP contribution is -2.28. The molecule has 0 saturated carbocycles. The normalized spacial score (nSPS) is 11.5. The summed E-state index contributed by atoms with van der Waals surface area (Å²) in [5.74, 6) is 1.21. The molecular formula is C19H22FNO4. The van der Waals surface area contributed by atoms with Crippen LogP contribution in [0, 0.1) is 5.82 Å². The van der Waals surface area contributed by atoms with E-state index >= 15 is 0 Å². The molecule has 5 nitrogen and oxygen atoms in total. The first-order chi connectivity index (χ1) is 12.0. The molecule has 0 bridgehead atoms. The first-order valence-corrected chi connectivity index (χ1v) is 7.93. The number of nitrogens with one attached hydrogen (secondary N) is 1. The third-order valence-corrected chi connectivity index (χ3v) is 3.67. The lowest BCUT2D eigenvalue weighted by atomic mass is 10.1. The number of halogens is 1. The van der Waals surface area contributed by atoms with E-state index < -0.39 is 0 Å². The van der Waals surface area contributed by atoms with Crippen molar-refractivity contribution in [2.75, 3.05) is 20.8 Å². The lowest BCUT2D eigenvalue weighted by Gasteiger charge is -2.18. The zero-order valence-electron chi connectivity index (χ0n) is 14.5. The summed E-state index contributed by atoms with van der Waals surface area (Å²) >= 11 is 0. The molecule has 0 aliphatic carbocycles. The maximum absolute atomic E-state index is 13.1. The van der Waals surface area contributed by atoms with Gasteiger partial charge in [-0.2, -0.15) is 0 Å². The zero-order chi connectivity index (χ0) is 18.2. The highest BCUT2D eigenvalue weighted by atomic mass is 19.1. The first-order valence-electron chi connectivity index (χ1n) is 7.93. The summed E-state index contributed by atoms with van der Waals surface area (Å²) in [6.45, 7) is 2.03. The molecule has 1 N–H and O–H groups in total. The molecule has 134 valence electrons. The minimum absolute atomic E-state index is 0.160. The van der Waals surface area contributed by atoms with Gasteiger partial charge in [0.1, 0.15) is 23.1 Å². The van der Waals surface area contributed by atoms with Gasteiger partial charge >= 0.3 is 0 Å². The molecule has 0 aromatic heterocycles. The average Bonchev–Trinajstić information content (AvgIpc) is 2.61. The monoisotopic (exact) mass is 347 g/mol. The minimum atomic E-state index is -0.374. The Balaban J connectivity index is 1.89. The molecule has 0 saturated heterocycles. The second-order valence-corrected chi connectivity index (χ2v) is 5.45. The van der Waals surface area contributed by atoms with E-state index in [0.717, 1.165) is 5.56 Å². The van der Waals surface area contributed by atoms with Crippen molar-refractivity contribution >= 4 is 5.91 Å². The van der Waals surface area contributed by atoms with Gasteiger partial charge in [-0.05, 0) is 37.3 Å². The van der Waals surface area contributed by atoms with Crippen LogP contribution in [0.4, 0.5) is 4.39 Å². The van der Waals surface area contributed by atoms with Crippen molar-refractivity contribution in [3.05, 3.63) is 53.8 Å². The molecule has 0 aliphatic heterocycles. The minimum Gasteiger partial charge on any atom is -0.497 e. The van der Waals surface area contributed by atoms with Gasteiger partial charge in [0, 0.05) is 11.6 Å². The van der Waals surface area contributed by atoms with Gasteiger partial charge < -0.3 is 19.5 Å². The number of carbonyl (C=O) groups excluding carboxylic acids is 1. The van der Waals surface area contributed by atoms with E-state index in [2.05, 4.69) is 5.32 Å². The summed E-state index contributed by atoms with van der Waals surface area (Å²) in [4.78, 5) is 12.1. The van der Waals surface area contributed by atoms with Crippen molar-refractivity contribution in [3.63, 3.8) is 0 Å². The molecular weight excluding hydrogens is 325 g/mol. The number of carbonyl (C=O) groups is 1. The highest BCUT2D eigenvalue weighted by molar-refractivity contribution is 5.76. The van der Waals surface area contributed by atoms with E-state index in [1.54, 1.807) is 38.5 Å². The van der Waals surface area contributed by atoms with Crippen molar-refractivity contribution in [2.45, 2.75) is 19.4 Å². The quantitative estimate of drug-likeness (QED) is 0.794. The van der Waals surface area contributed by atoms with Crippen molar-refractivity contribution in [1.29, 1.82) is 0 Å². The fourth-order valence-corrected chi connectivity index (χ4v) is 2.39. The summed E-state index contributed by atoms with van der Waals surface area (Å²) in [6, 6.07) is 11.0. The van der Waals surface area contributed by atoms with E-state index in [1.165, 1.54) is 12.1 Å². The van der Waals surface area contributed by atoms with E-state index in [1.807, 2.05) is 13.0 Å². The second-order valence-electron chi connectivity index (χ2n) is 5.45. The highest BCUT2D eigenvalue weighted by Gasteiger charge is 2.15. The van der Waals surface area contributed by atoms with Crippen LogP contribution in [-0.2, 0) is 4.79 Å². The Bertz CT molecular complexity index is 720. The van der Waals surface area contributed by atoms with Crippen LogP contribution < -0.4 is 19.5 Å². The van der Waals surface area contributed by atoms with Crippen molar-refractivity contribution in [1.82, 2.24) is 5.32 Å². The van der Waals surface area contributed by atoms with Gasteiger partial charge in [0.2, 0.25) is 5.91 Å². The first kappa shape index (κ1) is 18.6. The van der Waals surface area contributed by atoms with Gasteiger partial charge in [0.25, 0.3) is 0 Å². The van der Waals surface area contributed by atoms with Crippen LogP contribution in [0.1, 0.15) is 24.9 Å². The van der Waals surface area contributed by atoms with Crippen LogP contribution in [0.5, 0.6) is 17.2 Å². The molecule has 0 fully saturated rings. The van der Waals surface area contributed by atoms with Gasteiger partial charge in [-0.25, -0.2) is 4.39 Å². The summed E-state index contributed by atoms with van der Waals surface area (Å²) in [7, 11) is 3.16. The number of ether oxygens (including phenoxy) is 3. The summed E-state index contributed by atoms with van der Waals surface area (Å²) in [5, 5.41) is 2.89. The van der Waals surface area contributed by atoms with Gasteiger partial charge in [0.15, 0.2) is 0 Å². The fourth-order valence-electron chi connectivity index (χ4n) is 2.39. The molecule has 1 atom stereocenters. The van der Waals surface area contributed by atoms with Gasteiger partial charge in [0.05, 0.1) is 33.3 Å². The maximum atomic E-state index is 13.1. The van der Waals surface area contributed by atoms with Crippen LogP contribution in [0.2, 0.25) is 0 Å². The van der Waals surface area contributed by atoms with Crippen LogP contribution in [0.25, 0.3) is 0 Å². The molecule has 6 heteroatoms. The molecule has 25 heavy (non-hydrogen) atoms. The number of hydrogen-bond donors (Lipinski definition) is 1. The maximum Gasteiger partial charge on any atom is 0.223 e. The Kier molecular flexibility index (Phi) is 6.62. The molecule has 2 rings (SSSR count). The van der Waals surface area contributed by atoms with Crippen molar-refractivity contribution in [2.24, 2.45) is 0 Å². The third kappa shape index (κ3) is 5.38. The molecule has 0 aliphatic rings. The Hall–Kier alpha value is -2.76. The number of amides is 1. The summed E-state index contributed by atoms with van der Waals surface area (Å²) in [6.07, 6.45) is 0.160. The molecule has 2 aromatic carbocycles. The fraction of sp³-hybridized carbons (Fsp3) is 0.316. The van der Waals surface area contributed by atoms with E-state index in [9.17, 15) is 9.18 Å². The molecule has 1 amide bonds. The molecule has 0 spiro atoms. The number of rotatable bonds is 8. The van der Waals surface area contributed by atoms with Crippen LogP contribution in [0.15, 0.2) is 42.5 Å². The molecule has 2 aromatic rings. The lowest BCUT2D eigenvalue weighted by molar-refractivity contribution is -0.122. The van der Waals surface area contributed by atoms with Crippen LogP contribution >= 0.6 is 0 Å². The highest BCUT2D eigenvalue weighted by Crippen LogP contribution is 2.29. The van der Waals surface area contributed by atoms with Crippen LogP contribution in [0.3, 0.4) is 0 Å².